The second-order valence-corrected chi connectivity index (χ2v) is 8.14. The summed E-state index contributed by atoms with van der Waals surface area (Å²) in [6, 6.07) is 9.70. The Morgan fingerprint density at radius 2 is 2.10 bits per heavy atom. The summed E-state index contributed by atoms with van der Waals surface area (Å²) in [4.78, 5) is 16.7. The first-order valence-corrected chi connectivity index (χ1v) is 10.8. The highest BCUT2D eigenvalue weighted by molar-refractivity contribution is 5.92. The molecule has 1 amide bonds. The molecule has 7 heteroatoms. The van der Waals surface area contributed by atoms with Crippen LogP contribution in [-0.2, 0) is 9.53 Å². The molecular weight excluding hydrogens is 380 g/mol. The summed E-state index contributed by atoms with van der Waals surface area (Å²) >= 11 is 0. The summed E-state index contributed by atoms with van der Waals surface area (Å²) in [5, 5.41) is 20.0. The minimum atomic E-state index is -0.0458. The Morgan fingerprint density at radius 3 is 2.90 bits per heavy atom. The molecule has 7 nitrogen and oxygen atoms in total. The highest BCUT2D eigenvalue weighted by Gasteiger charge is 2.21. The number of carbonyl (C=O) groups is 1. The van der Waals surface area contributed by atoms with E-state index in [1.807, 2.05) is 24.3 Å². The van der Waals surface area contributed by atoms with Crippen LogP contribution in [0.3, 0.4) is 0 Å². The summed E-state index contributed by atoms with van der Waals surface area (Å²) in [5.74, 6) is 1.09. The first-order valence-electron chi connectivity index (χ1n) is 10.8. The molecule has 4 rings (SSSR count). The molecule has 3 heterocycles. The number of amides is 1. The van der Waals surface area contributed by atoms with Crippen LogP contribution in [0.5, 0.6) is 5.75 Å². The number of rotatable bonds is 6. The second-order valence-electron chi connectivity index (χ2n) is 8.14. The largest absolute Gasteiger partial charge is 0.506 e. The summed E-state index contributed by atoms with van der Waals surface area (Å²) in [7, 11) is 0. The molecule has 0 spiro atoms. The lowest BCUT2D eigenvalue weighted by molar-refractivity contribution is -0.120. The SMILES string of the molecule is O=C(Nc1cc(-c2cccc(NCC3CCOCC3)c2)c(O)cn1)C1CCCNC1. The van der Waals surface area contributed by atoms with Gasteiger partial charge >= 0.3 is 0 Å². The Hall–Kier alpha value is -2.64. The number of carbonyl (C=O) groups excluding carboxylic acids is 1. The molecular formula is C23H30N4O3. The van der Waals surface area contributed by atoms with E-state index in [1.165, 1.54) is 6.20 Å². The smallest absolute Gasteiger partial charge is 0.229 e. The molecule has 1 atom stereocenters. The lowest BCUT2D eigenvalue weighted by atomic mass is 9.99. The van der Waals surface area contributed by atoms with Gasteiger partial charge in [0.1, 0.15) is 11.6 Å². The van der Waals surface area contributed by atoms with Crippen LogP contribution in [0.15, 0.2) is 36.5 Å². The molecule has 0 aliphatic carbocycles. The standard InChI is InChI=1S/C23H30N4O3/c28-21-15-26-22(27-23(29)18-4-2-8-24-14-18)12-20(21)17-3-1-5-19(11-17)25-13-16-6-9-30-10-7-16/h1,3,5,11-12,15-16,18,24-25,28H,2,4,6-10,13-14H2,(H,26,27,29). The second kappa shape index (κ2) is 9.91. The van der Waals surface area contributed by atoms with Crippen molar-refractivity contribution >= 4 is 17.4 Å². The fourth-order valence-electron chi connectivity index (χ4n) is 4.06. The number of piperidine rings is 1. The van der Waals surface area contributed by atoms with E-state index in [2.05, 4.69) is 20.9 Å². The number of nitrogens with zero attached hydrogens (tertiary/aromatic N) is 1. The first kappa shape index (κ1) is 20.6. The third kappa shape index (κ3) is 5.29. The average molecular weight is 411 g/mol. The zero-order valence-corrected chi connectivity index (χ0v) is 17.2. The fraction of sp³-hybridized carbons (Fsp3) is 0.478. The van der Waals surface area contributed by atoms with Crippen molar-refractivity contribution in [2.75, 3.05) is 43.5 Å². The van der Waals surface area contributed by atoms with Crippen molar-refractivity contribution in [2.45, 2.75) is 25.7 Å². The van der Waals surface area contributed by atoms with Gasteiger partial charge in [0.15, 0.2) is 0 Å². The predicted octanol–water partition coefficient (Wildman–Crippen LogP) is 3.23. The number of nitrogens with one attached hydrogen (secondary N) is 3. The van der Waals surface area contributed by atoms with Crippen molar-refractivity contribution in [3.63, 3.8) is 0 Å². The van der Waals surface area contributed by atoms with Crippen LogP contribution in [0, 0.1) is 11.8 Å². The number of hydrogen-bond donors (Lipinski definition) is 4. The van der Waals surface area contributed by atoms with Crippen LogP contribution in [-0.4, -0.2) is 48.8 Å². The van der Waals surface area contributed by atoms with E-state index in [9.17, 15) is 9.90 Å². The molecule has 2 aliphatic rings. The van der Waals surface area contributed by atoms with Crippen molar-refractivity contribution in [3.05, 3.63) is 36.5 Å². The lowest BCUT2D eigenvalue weighted by Crippen LogP contribution is -2.37. The minimum Gasteiger partial charge on any atom is -0.506 e. The van der Waals surface area contributed by atoms with Crippen molar-refractivity contribution in [3.8, 4) is 16.9 Å². The third-order valence-electron chi connectivity index (χ3n) is 5.91. The molecule has 2 fully saturated rings. The maximum Gasteiger partial charge on any atom is 0.229 e. The maximum atomic E-state index is 12.5. The van der Waals surface area contributed by atoms with E-state index in [4.69, 9.17) is 4.74 Å². The fourth-order valence-corrected chi connectivity index (χ4v) is 4.06. The molecule has 0 bridgehead atoms. The molecule has 1 unspecified atom stereocenters. The van der Waals surface area contributed by atoms with Crippen LogP contribution in [0.25, 0.3) is 11.1 Å². The molecule has 0 radical (unpaired) electrons. The zero-order chi connectivity index (χ0) is 20.8. The van der Waals surface area contributed by atoms with Gasteiger partial charge in [-0.25, -0.2) is 4.98 Å². The normalized spacial score (nSPS) is 19.9. The molecule has 160 valence electrons. The Morgan fingerprint density at radius 1 is 1.23 bits per heavy atom. The quantitative estimate of drug-likeness (QED) is 0.584. The Bertz CT molecular complexity index is 861. The minimum absolute atomic E-state index is 0.0294. The molecule has 2 saturated heterocycles. The van der Waals surface area contributed by atoms with Crippen LogP contribution in [0.2, 0.25) is 0 Å². The van der Waals surface area contributed by atoms with E-state index in [1.54, 1.807) is 6.07 Å². The number of ether oxygens (including phenoxy) is 1. The summed E-state index contributed by atoms with van der Waals surface area (Å²) < 4.78 is 5.42. The highest BCUT2D eigenvalue weighted by atomic mass is 16.5. The van der Waals surface area contributed by atoms with Gasteiger partial charge in [-0.1, -0.05) is 12.1 Å². The van der Waals surface area contributed by atoms with E-state index < -0.39 is 0 Å². The summed E-state index contributed by atoms with van der Waals surface area (Å²) in [5.41, 5.74) is 2.53. The third-order valence-corrected chi connectivity index (χ3v) is 5.91. The Kier molecular flexibility index (Phi) is 6.81. The number of benzene rings is 1. The number of pyridine rings is 1. The van der Waals surface area contributed by atoms with Crippen LogP contribution in [0.4, 0.5) is 11.5 Å². The van der Waals surface area contributed by atoms with Crippen molar-refractivity contribution in [2.24, 2.45) is 11.8 Å². The van der Waals surface area contributed by atoms with Crippen molar-refractivity contribution in [1.29, 1.82) is 0 Å². The van der Waals surface area contributed by atoms with Gasteiger partial charge in [0.05, 0.1) is 12.1 Å². The highest BCUT2D eigenvalue weighted by Crippen LogP contribution is 2.32. The van der Waals surface area contributed by atoms with Gasteiger partial charge < -0.3 is 25.8 Å². The number of aromatic nitrogens is 1. The van der Waals surface area contributed by atoms with Crippen molar-refractivity contribution < 1.29 is 14.6 Å². The first-order chi connectivity index (χ1) is 14.7. The van der Waals surface area contributed by atoms with Gasteiger partial charge in [-0.05, 0) is 61.9 Å². The average Bonchev–Trinajstić information content (AvgIpc) is 2.80. The number of anilines is 2. The maximum absolute atomic E-state index is 12.5. The van der Waals surface area contributed by atoms with Gasteiger partial charge in [-0.15, -0.1) is 0 Å². The molecule has 2 aliphatic heterocycles. The molecule has 0 saturated carbocycles. The van der Waals surface area contributed by atoms with E-state index >= 15 is 0 Å². The number of aromatic hydroxyl groups is 1. The van der Waals surface area contributed by atoms with Gasteiger partial charge in [-0.2, -0.15) is 0 Å². The summed E-state index contributed by atoms with van der Waals surface area (Å²) in [6.45, 7) is 4.24. The molecule has 4 N–H and O–H groups in total. The lowest BCUT2D eigenvalue weighted by Gasteiger charge is -2.23. The van der Waals surface area contributed by atoms with Gasteiger partial charge in [0.2, 0.25) is 5.91 Å². The zero-order valence-electron chi connectivity index (χ0n) is 17.2. The molecule has 1 aromatic heterocycles. The molecule has 30 heavy (non-hydrogen) atoms. The monoisotopic (exact) mass is 410 g/mol. The Balaban J connectivity index is 1.45. The van der Waals surface area contributed by atoms with E-state index in [0.29, 0.717) is 23.8 Å². The van der Waals surface area contributed by atoms with Gasteiger partial charge in [0.25, 0.3) is 0 Å². The summed E-state index contributed by atoms with van der Waals surface area (Å²) in [6.07, 6.45) is 5.44. The van der Waals surface area contributed by atoms with Crippen molar-refractivity contribution in [1.82, 2.24) is 10.3 Å². The number of hydrogen-bond acceptors (Lipinski definition) is 6. The van der Waals surface area contributed by atoms with Gasteiger partial charge in [-0.3, -0.25) is 4.79 Å². The Labute approximate surface area is 177 Å². The predicted molar refractivity (Wildman–Crippen MR) is 118 cm³/mol. The van der Waals surface area contributed by atoms with Crippen LogP contribution >= 0.6 is 0 Å². The molecule has 1 aromatic carbocycles. The van der Waals surface area contributed by atoms with Crippen LogP contribution < -0.4 is 16.0 Å². The van der Waals surface area contributed by atoms with Gasteiger partial charge in [0, 0.05) is 37.6 Å². The topological polar surface area (TPSA) is 95.5 Å². The molecule has 2 aromatic rings. The van der Waals surface area contributed by atoms with E-state index in [-0.39, 0.29) is 17.6 Å². The van der Waals surface area contributed by atoms with Crippen LogP contribution in [0.1, 0.15) is 25.7 Å². The van der Waals surface area contributed by atoms with E-state index in [0.717, 1.165) is 63.2 Å².